The molecular weight excluding hydrogens is 400 g/mol. The Balaban J connectivity index is 1.39. The number of anilines is 2. The van der Waals surface area contributed by atoms with Gasteiger partial charge in [0.25, 0.3) is 0 Å². The molecule has 6 nitrogen and oxygen atoms in total. The Labute approximate surface area is 181 Å². The van der Waals surface area contributed by atoms with Crippen LogP contribution in [0.3, 0.4) is 0 Å². The molecule has 2 aliphatic heterocycles. The van der Waals surface area contributed by atoms with Crippen molar-refractivity contribution in [2.45, 2.75) is 12.8 Å². The molecule has 0 radical (unpaired) electrons. The maximum Gasteiger partial charge on any atom is 0.239 e. The maximum atomic E-state index is 13.1. The van der Waals surface area contributed by atoms with E-state index in [1.807, 2.05) is 41.3 Å². The molecule has 7 heteroatoms. The van der Waals surface area contributed by atoms with Crippen LogP contribution in [-0.4, -0.2) is 49.4 Å². The van der Waals surface area contributed by atoms with Crippen LogP contribution in [-0.2, 0) is 9.59 Å². The molecule has 0 aromatic heterocycles. The van der Waals surface area contributed by atoms with Crippen LogP contribution in [0.15, 0.2) is 48.5 Å². The molecule has 154 valence electrons. The third kappa shape index (κ3) is 4.12. The lowest BCUT2D eigenvalue weighted by atomic mass is 10.1. The second kappa shape index (κ2) is 8.76. The minimum atomic E-state index is -0.609. The van der Waals surface area contributed by atoms with Gasteiger partial charge in [-0.25, -0.2) is 0 Å². The molecule has 1 unspecified atom stereocenters. The summed E-state index contributed by atoms with van der Waals surface area (Å²) in [6.07, 6.45) is 1.38. The molecule has 2 aromatic carbocycles. The van der Waals surface area contributed by atoms with E-state index in [0.29, 0.717) is 43.2 Å². The molecule has 0 aliphatic carbocycles. The average molecular weight is 423 g/mol. The van der Waals surface area contributed by atoms with E-state index in [0.717, 1.165) is 24.3 Å². The molecule has 2 heterocycles. The van der Waals surface area contributed by atoms with Gasteiger partial charge in [-0.2, -0.15) is 5.26 Å². The van der Waals surface area contributed by atoms with Gasteiger partial charge >= 0.3 is 0 Å². The second-order valence-electron chi connectivity index (χ2n) is 7.63. The summed E-state index contributed by atoms with van der Waals surface area (Å²) in [5.74, 6) is -0.809. The van der Waals surface area contributed by atoms with Crippen LogP contribution in [0.25, 0.3) is 0 Å². The highest BCUT2D eigenvalue weighted by Gasteiger charge is 2.39. The molecule has 4 rings (SSSR count). The zero-order chi connectivity index (χ0) is 21.1. The lowest BCUT2D eigenvalue weighted by Crippen LogP contribution is -2.42. The van der Waals surface area contributed by atoms with Crippen LogP contribution >= 0.6 is 11.6 Å². The number of carbonyl (C=O) groups excluding carboxylic acids is 2. The van der Waals surface area contributed by atoms with E-state index in [9.17, 15) is 9.59 Å². The largest absolute Gasteiger partial charge is 0.370 e. The van der Waals surface area contributed by atoms with E-state index in [1.54, 1.807) is 17.0 Å². The van der Waals surface area contributed by atoms with Crippen molar-refractivity contribution in [3.63, 3.8) is 0 Å². The highest BCUT2D eigenvalue weighted by atomic mass is 35.5. The normalized spacial score (nSPS) is 19.5. The zero-order valence-corrected chi connectivity index (χ0v) is 17.4. The first-order valence-corrected chi connectivity index (χ1v) is 10.6. The fourth-order valence-electron chi connectivity index (χ4n) is 4.15. The number of carbonyl (C=O) groups is 2. The van der Waals surface area contributed by atoms with E-state index in [-0.39, 0.29) is 11.8 Å². The second-order valence-corrected chi connectivity index (χ2v) is 8.07. The number of amides is 2. The Morgan fingerprint density at radius 1 is 0.933 bits per heavy atom. The quantitative estimate of drug-likeness (QED) is 0.712. The molecular formula is C23H23ClN4O2. The Kier molecular flexibility index (Phi) is 5.91. The van der Waals surface area contributed by atoms with Crippen molar-refractivity contribution in [1.29, 1.82) is 5.26 Å². The standard InChI is InChI=1S/C23H23ClN4O2/c24-18-4-8-20(9-5-18)28-13-10-21(23(28)30)22(29)27-12-1-11-26(14-15-27)19-6-2-17(16-25)3-7-19/h2-9,21H,1,10-15H2. The molecule has 0 bridgehead atoms. The van der Waals surface area contributed by atoms with Gasteiger partial charge in [-0.1, -0.05) is 11.6 Å². The topological polar surface area (TPSA) is 67.7 Å². The van der Waals surface area contributed by atoms with E-state index >= 15 is 0 Å². The molecule has 1 atom stereocenters. The van der Waals surface area contributed by atoms with E-state index in [4.69, 9.17) is 16.9 Å². The third-order valence-corrected chi connectivity index (χ3v) is 6.06. The molecule has 2 amide bonds. The van der Waals surface area contributed by atoms with E-state index < -0.39 is 5.92 Å². The van der Waals surface area contributed by atoms with Gasteiger partial charge in [-0.3, -0.25) is 9.59 Å². The number of hydrogen-bond donors (Lipinski definition) is 0. The van der Waals surface area contributed by atoms with Crippen LogP contribution in [0.1, 0.15) is 18.4 Å². The lowest BCUT2D eigenvalue weighted by molar-refractivity contribution is -0.139. The first-order valence-electron chi connectivity index (χ1n) is 10.2. The monoisotopic (exact) mass is 422 g/mol. The van der Waals surface area contributed by atoms with Gasteiger partial charge in [0.1, 0.15) is 5.92 Å². The zero-order valence-electron chi connectivity index (χ0n) is 16.6. The predicted octanol–water partition coefficient (Wildman–Crippen LogP) is 3.30. The molecule has 2 saturated heterocycles. The van der Waals surface area contributed by atoms with Crippen molar-refractivity contribution < 1.29 is 9.59 Å². The summed E-state index contributed by atoms with van der Waals surface area (Å²) in [5.41, 5.74) is 2.46. The number of hydrogen-bond acceptors (Lipinski definition) is 4. The number of halogens is 1. The Hall–Kier alpha value is -3.04. The number of nitrogens with zero attached hydrogens (tertiary/aromatic N) is 4. The van der Waals surface area contributed by atoms with Gasteiger partial charge in [0.2, 0.25) is 11.8 Å². The van der Waals surface area contributed by atoms with Crippen molar-refractivity contribution in [3.05, 3.63) is 59.1 Å². The van der Waals surface area contributed by atoms with Crippen LogP contribution in [0.2, 0.25) is 5.02 Å². The smallest absolute Gasteiger partial charge is 0.239 e. The lowest BCUT2D eigenvalue weighted by Gasteiger charge is -2.25. The Morgan fingerprint density at radius 2 is 1.63 bits per heavy atom. The van der Waals surface area contributed by atoms with Crippen LogP contribution < -0.4 is 9.80 Å². The van der Waals surface area contributed by atoms with Gasteiger partial charge in [0.05, 0.1) is 11.6 Å². The first-order chi connectivity index (χ1) is 14.6. The first kappa shape index (κ1) is 20.2. The Bertz CT molecular complexity index is 968. The van der Waals surface area contributed by atoms with Crippen LogP contribution in [0, 0.1) is 17.2 Å². The number of benzene rings is 2. The maximum absolute atomic E-state index is 13.1. The third-order valence-electron chi connectivity index (χ3n) is 5.81. The van der Waals surface area contributed by atoms with E-state index in [1.165, 1.54) is 0 Å². The summed E-state index contributed by atoms with van der Waals surface area (Å²) in [4.78, 5) is 31.8. The fraction of sp³-hybridized carbons (Fsp3) is 0.348. The van der Waals surface area contributed by atoms with Gasteiger partial charge in [0, 0.05) is 49.1 Å². The van der Waals surface area contributed by atoms with Crippen molar-refractivity contribution in [3.8, 4) is 6.07 Å². The summed E-state index contributed by atoms with van der Waals surface area (Å²) < 4.78 is 0. The summed E-state index contributed by atoms with van der Waals surface area (Å²) in [7, 11) is 0. The molecule has 2 aliphatic rings. The van der Waals surface area contributed by atoms with Crippen molar-refractivity contribution in [2.24, 2.45) is 5.92 Å². The predicted molar refractivity (Wildman–Crippen MR) is 116 cm³/mol. The highest BCUT2D eigenvalue weighted by molar-refractivity contribution is 6.30. The van der Waals surface area contributed by atoms with Gasteiger partial charge in [-0.15, -0.1) is 0 Å². The van der Waals surface area contributed by atoms with Crippen LogP contribution in [0.5, 0.6) is 0 Å². The average Bonchev–Trinajstić information content (AvgIpc) is 2.99. The molecule has 2 aromatic rings. The number of nitriles is 1. The van der Waals surface area contributed by atoms with Gasteiger partial charge < -0.3 is 14.7 Å². The Morgan fingerprint density at radius 3 is 2.33 bits per heavy atom. The van der Waals surface area contributed by atoms with Gasteiger partial charge in [0.15, 0.2) is 0 Å². The van der Waals surface area contributed by atoms with Crippen molar-refractivity contribution in [2.75, 3.05) is 42.5 Å². The molecule has 0 N–H and O–H groups in total. The summed E-state index contributed by atoms with van der Waals surface area (Å²) in [6, 6.07) is 16.8. The molecule has 30 heavy (non-hydrogen) atoms. The molecule has 2 fully saturated rings. The number of rotatable bonds is 3. The SMILES string of the molecule is N#Cc1ccc(N2CCCN(C(=O)C3CCN(c4ccc(Cl)cc4)C3=O)CC2)cc1. The molecule has 0 spiro atoms. The van der Waals surface area contributed by atoms with E-state index in [2.05, 4.69) is 11.0 Å². The summed E-state index contributed by atoms with van der Waals surface area (Å²) >= 11 is 5.94. The van der Waals surface area contributed by atoms with Crippen LogP contribution in [0.4, 0.5) is 11.4 Å². The summed E-state index contributed by atoms with van der Waals surface area (Å²) in [6.45, 7) is 3.33. The van der Waals surface area contributed by atoms with Crippen molar-refractivity contribution in [1.82, 2.24) is 4.90 Å². The fourth-order valence-corrected chi connectivity index (χ4v) is 4.28. The minimum absolute atomic E-state index is 0.0712. The summed E-state index contributed by atoms with van der Waals surface area (Å²) in [5, 5.41) is 9.58. The van der Waals surface area contributed by atoms with Gasteiger partial charge in [-0.05, 0) is 61.4 Å². The van der Waals surface area contributed by atoms with Crippen molar-refractivity contribution >= 4 is 34.8 Å². The molecule has 0 saturated carbocycles. The highest BCUT2D eigenvalue weighted by Crippen LogP contribution is 2.28. The minimum Gasteiger partial charge on any atom is -0.370 e.